The standard InChI is InChI=1S/C19H24FN/c1-4-12-21-19(5-2)16-9-7-15(8-10-16)17-13-14(3)6-11-18(17)20/h6-11,13,19,21H,4-5,12H2,1-3H3. The molecule has 112 valence electrons. The highest BCUT2D eigenvalue weighted by atomic mass is 19.1. The molecular formula is C19H24FN. The fourth-order valence-corrected chi connectivity index (χ4v) is 2.57. The first kappa shape index (κ1) is 15.7. The average molecular weight is 285 g/mol. The van der Waals surface area contributed by atoms with E-state index in [4.69, 9.17) is 0 Å². The van der Waals surface area contributed by atoms with Crippen molar-refractivity contribution in [3.05, 3.63) is 59.4 Å². The predicted molar refractivity (Wildman–Crippen MR) is 87.9 cm³/mol. The summed E-state index contributed by atoms with van der Waals surface area (Å²) >= 11 is 0. The predicted octanol–water partition coefficient (Wildman–Crippen LogP) is 5.25. The van der Waals surface area contributed by atoms with Gasteiger partial charge in [0.15, 0.2) is 0 Å². The molecule has 1 nitrogen and oxygen atoms in total. The highest BCUT2D eigenvalue weighted by molar-refractivity contribution is 5.65. The molecule has 0 aliphatic carbocycles. The van der Waals surface area contributed by atoms with Crippen LogP contribution in [0.1, 0.15) is 43.9 Å². The van der Waals surface area contributed by atoms with E-state index in [-0.39, 0.29) is 5.82 Å². The minimum absolute atomic E-state index is 0.163. The maximum Gasteiger partial charge on any atom is 0.131 e. The summed E-state index contributed by atoms with van der Waals surface area (Å²) in [5.41, 5.74) is 3.95. The quantitative estimate of drug-likeness (QED) is 0.764. The highest BCUT2D eigenvalue weighted by Gasteiger charge is 2.09. The van der Waals surface area contributed by atoms with Crippen molar-refractivity contribution in [3.63, 3.8) is 0 Å². The topological polar surface area (TPSA) is 12.0 Å². The molecule has 0 aliphatic heterocycles. The van der Waals surface area contributed by atoms with Gasteiger partial charge in [0.2, 0.25) is 0 Å². The number of hydrogen-bond acceptors (Lipinski definition) is 1. The summed E-state index contributed by atoms with van der Waals surface area (Å²) < 4.78 is 13.9. The second-order valence-electron chi connectivity index (χ2n) is 5.52. The third-order valence-corrected chi connectivity index (χ3v) is 3.79. The number of nitrogens with one attached hydrogen (secondary N) is 1. The summed E-state index contributed by atoms with van der Waals surface area (Å²) in [6.07, 6.45) is 2.18. The Kier molecular flexibility index (Phi) is 5.51. The first-order chi connectivity index (χ1) is 10.2. The number of hydrogen-bond donors (Lipinski definition) is 1. The normalized spacial score (nSPS) is 12.4. The van der Waals surface area contributed by atoms with Crippen molar-refractivity contribution >= 4 is 0 Å². The SMILES string of the molecule is CCCNC(CC)c1ccc(-c2cc(C)ccc2F)cc1. The lowest BCUT2D eigenvalue weighted by Crippen LogP contribution is -2.21. The van der Waals surface area contributed by atoms with Crippen molar-refractivity contribution in [2.75, 3.05) is 6.54 Å². The zero-order valence-electron chi connectivity index (χ0n) is 13.1. The molecule has 2 aromatic rings. The molecule has 0 amide bonds. The Morgan fingerprint density at radius 1 is 1.05 bits per heavy atom. The molecule has 0 aromatic heterocycles. The van der Waals surface area contributed by atoms with Gasteiger partial charge >= 0.3 is 0 Å². The Balaban J connectivity index is 2.23. The molecule has 0 saturated heterocycles. The van der Waals surface area contributed by atoms with Crippen LogP contribution in [0.15, 0.2) is 42.5 Å². The fourth-order valence-electron chi connectivity index (χ4n) is 2.57. The molecule has 0 bridgehead atoms. The third-order valence-electron chi connectivity index (χ3n) is 3.79. The largest absolute Gasteiger partial charge is 0.310 e. The first-order valence-electron chi connectivity index (χ1n) is 7.75. The molecular weight excluding hydrogens is 261 g/mol. The van der Waals surface area contributed by atoms with Gasteiger partial charge in [-0.05, 0) is 49.6 Å². The maximum absolute atomic E-state index is 13.9. The van der Waals surface area contributed by atoms with Crippen LogP contribution >= 0.6 is 0 Å². The number of halogens is 1. The zero-order valence-corrected chi connectivity index (χ0v) is 13.1. The monoisotopic (exact) mass is 285 g/mol. The average Bonchev–Trinajstić information content (AvgIpc) is 2.51. The van der Waals surface area contributed by atoms with Gasteiger partial charge in [-0.1, -0.05) is 49.7 Å². The maximum atomic E-state index is 13.9. The van der Waals surface area contributed by atoms with Crippen molar-refractivity contribution in [2.24, 2.45) is 0 Å². The van der Waals surface area contributed by atoms with Crippen molar-refractivity contribution in [1.29, 1.82) is 0 Å². The molecule has 0 radical (unpaired) electrons. The molecule has 2 rings (SSSR count). The molecule has 2 aromatic carbocycles. The van der Waals surface area contributed by atoms with Crippen molar-refractivity contribution in [3.8, 4) is 11.1 Å². The Morgan fingerprint density at radius 3 is 2.38 bits per heavy atom. The third kappa shape index (κ3) is 3.92. The summed E-state index contributed by atoms with van der Waals surface area (Å²) in [6.45, 7) is 7.36. The van der Waals surface area contributed by atoms with Crippen LogP contribution in [0.25, 0.3) is 11.1 Å². The molecule has 2 heteroatoms. The number of rotatable bonds is 6. The van der Waals surface area contributed by atoms with E-state index in [0.717, 1.165) is 30.5 Å². The van der Waals surface area contributed by atoms with Crippen molar-refractivity contribution in [1.82, 2.24) is 5.32 Å². The van der Waals surface area contributed by atoms with Gasteiger partial charge in [-0.15, -0.1) is 0 Å². The van der Waals surface area contributed by atoms with E-state index in [1.54, 1.807) is 6.07 Å². The molecule has 1 atom stereocenters. The molecule has 0 heterocycles. The first-order valence-corrected chi connectivity index (χ1v) is 7.75. The summed E-state index contributed by atoms with van der Waals surface area (Å²) in [6, 6.07) is 13.9. The second-order valence-corrected chi connectivity index (χ2v) is 5.52. The van der Waals surface area contributed by atoms with Crippen LogP contribution < -0.4 is 5.32 Å². The van der Waals surface area contributed by atoms with Crippen LogP contribution in [-0.2, 0) is 0 Å². The van der Waals surface area contributed by atoms with Crippen molar-refractivity contribution < 1.29 is 4.39 Å². The van der Waals surface area contributed by atoms with Crippen LogP contribution in [0.2, 0.25) is 0 Å². The van der Waals surface area contributed by atoms with E-state index >= 15 is 0 Å². The Bertz CT molecular complexity index is 575. The minimum atomic E-state index is -0.163. The molecule has 0 saturated carbocycles. The van der Waals surface area contributed by atoms with Gasteiger partial charge in [-0.2, -0.15) is 0 Å². The van der Waals surface area contributed by atoms with Gasteiger partial charge in [0.05, 0.1) is 0 Å². The van der Waals surface area contributed by atoms with E-state index in [1.165, 1.54) is 11.6 Å². The molecule has 0 aliphatic rings. The lowest BCUT2D eigenvalue weighted by atomic mass is 9.98. The molecule has 21 heavy (non-hydrogen) atoms. The van der Waals surface area contributed by atoms with Crippen LogP contribution in [-0.4, -0.2) is 6.54 Å². The van der Waals surface area contributed by atoms with E-state index < -0.39 is 0 Å². The summed E-state index contributed by atoms with van der Waals surface area (Å²) in [4.78, 5) is 0. The second kappa shape index (κ2) is 7.37. The molecule has 1 N–H and O–H groups in total. The zero-order chi connectivity index (χ0) is 15.2. The fraction of sp³-hybridized carbons (Fsp3) is 0.368. The number of aryl methyl sites for hydroxylation is 1. The Labute approximate surface area is 127 Å². The van der Waals surface area contributed by atoms with E-state index in [0.29, 0.717) is 11.6 Å². The summed E-state index contributed by atoms with van der Waals surface area (Å²) in [5.74, 6) is -0.163. The van der Waals surface area contributed by atoms with E-state index in [1.807, 2.05) is 25.1 Å². The molecule has 0 spiro atoms. The van der Waals surface area contributed by atoms with Crippen LogP contribution in [0.4, 0.5) is 4.39 Å². The van der Waals surface area contributed by atoms with Gasteiger partial charge < -0.3 is 5.32 Å². The minimum Gasteiger partial charge on any atom is -0.310 e. The van der Waals surface area contributed by atoms with Gasteiger partial charge in [-0.3, -0.25) is 0 Å². The van der Waals surface area contributed by atoms with Gasteiger partial charge in [0.1, 0.15) is 5.82 Å². The van der Waals surface area contributed by atoms with Gasteiger partial charge in [0, 0.05) is 11.6 Å². The lowest BCUT2D eigenvalue weighted by Gasteiger charge is -2.17. The smallest absolute Gasteiger partial charge is 0.131 e. The van der Waals surface area contributed by atoms with Crippen LogP contribution in [0.5, 0.6) is 0 Å². The Hall–Kier alpha value is -1.67. The summed E-state index contributed by atoms with van der Waals surface area (Å²) in [5, 5.41) is 3.54. The van der Waals surface area contributed by atoms with E-state index in [2.05, 4.69) is 31.3 Å². The van der Waals surface area contributed by atoms with Crippen LogP contribution in [0.3, 0.4) is 0 Å². The van der Waals surface area contributed by atoms with Gasteiger partial charge in [-0.25, -0.2) is 4.39 Å². The molecule has 1 unspecified atom stereocenters. The van der Waals surface area contributed by atoms with Crippen molar-refractivity contribution in [2.45, 2.75) is 39.7 Å². The summed E-state index contributed by atoms with van der Waals surface area (Å²) in [7, 11) is 0. The van der Waals surface area contributed by atoms with Crippen LogP contribution in [0, 0.1) is 12.7 Å². The Morgan fingerprint density at radius 2 is 1.76 bits per heavy atom. The van der Waals surface area contributed by atoms with Gasteiger partial charge in [0.25, 0.3) is 0 Å². The number of benzene rings is 2. The van der Waals surface area contributed by atoms with E-state index in [9.17, 15) is 4.39 Å². The highest BCUT2D eigenvalue weighted by Crippen LogP contribution is 2.26. The lowest BCUT2D eigenvalue weighted by molar-refractivity contribution is 0.518. The molecule has 0 fully saturated rings.